The smallest absolute Gasteiger partial charge is 0.326 e. The Labute approximate surface area is 124 Å². The summed E-state index contributed by atoms with van der Waals surface area (Å²) < 4.78 is 10.3. The van der Waals surface area contributed by atoms with Gasteiger partial charge >= 0.3 is 5.97 Å². The fourth-order valence-electron chi connectivity index (χ4n) is 2.05. The number of hydrogen-bond acceptors (Lipinski definition) is 5. The Bertz CT molecular complexity index is 274. The Morgan fingerprint density at radius 1 is 1.40 bits per heavy atom. The number of hydrogen-bond donors (Lipinski definition) is 1. The maximum absolute atomic E-state index is 11.9. The Hall–Kier alpha value is -0.650. The molecule has 1 N–H and O–H groups in total. The van der Waals surface area contributed by atoms with E-state index in [-0.39, 0.29) is 5.97 Å². The normalized spacial score (nSPS) is 15.9. The fraction of sp³-hybridized carbons (Fsp3) is 0.933. The van der Waals surface area contributed by atoms with Crippen molar-refractivity contribution in [2.45, 2.75) is 51.6 Å². The van der Waals surface area contributed by atoms with Crippen LogP contribution in [0.2, 0.25) is 0 Å². The molecule has 0 fully saturated rings. The van der Waals surface area contributed by atoms with E-state index in [4.69, 9.17) is 9.47 Å². The first-order valence-electron chi connectivity index (χ1n) is 7.46. The van der Waals surface area contributed by atoms with Crippen molar-refractivity contribution >= 4 is 5.97 Å². The number of methoxy groups -OCH3 is 1. The topological polar surface area (TPSA) is 50.8 Å². The number of ether oxygens (including phenoxy) is 2. The van der Waals surface area contributed by atoms with E-state index < -0.39 is 5.54 Å². The summed E-state index contributed by atoms with van der Waals surface area (Å²) in [7, 11) is 5.64. The van der Waals surface area contributed by atoms with Crippen LogP contribution >= 0.6 is 0 Å². The molecule has 0 aliphatic rings. The van der Waals surface area contributed by atoms with Crippen molar-refractivity contribution in [3.05, 3.63) is 0 Å². The first-order chi connectivity index (χ1) is 9.41. The average Bonchev–Trinajstić information content (AvgIpc) is 2.43. The molecule has 20 heavy (non-hydrogen) atoms. The molecular weight excluding hydrogens is 256 g/mol. The predicted molar refractivity (Wildman–Crippen MR) is 81.9 cm³/mol. The van der Waals surface area contributed by atoms with Gasteiger partial charge in [0.15, 0.2) is 0 Å². The first-order valence-corrected chi connectivity index (χ1v) is 7.46. The third-order valence-corrected chi connectivity index (χ3v) is 3.88. The van der Waals surface area contributed by atoms with E-state index >= 15 is 0 Å². The monoisotopic (exact) mass is 288 g/mol. The number of likely N-dealkylation sites (N-methyl/N-ethyl adjacent to an activating group) is 2. The van der Waals surface area contributed by atoms with Crippen LogP contribution < -0.4 is 5.32 Å². The Morgan fingerprint density at radius 2 is 2.05 bits per heavy atom. The molecule has 0 bridgehead atoms. The molecule has 120 valence electrons. The molecular formula is C15H32N2O3. The summed E-state index contributed by atoms with van der Waals surface area (Å²) in [5, 5.41) is 3.09. The van der Waals surface area contributed by atoms with Gasteiger partial charge < -0.3 is 19.7 Å². The van der Waals surface area contributed by atoms with E-state index in [1.807, 2.05) is 20.9 Å². The molecule has 0 aliphatic heterocycles. The third kappa shape index (κ3) is 6.68. The van der Waals surface area contributed by atoms with E-state index in [0.717, 1.165) is 32.4 Å². The van der Waals surface area contributed by atoms with Crippen LogP contribution in [0.15, 0.2) is 0 Å². The highest BCUT2D eigenvalue weighted by molar-refractivity contribution is 5.80. The zero-order chi connectivity index (χ0) is 15.6. The number of esters is 1. The minimum atomic E-state index is -0.577. The highest BCUT2D eigenvalue weighted by atomic mass is 16.5. The van der Waals surface area contributed by atoms with Gasteiger partial charge in [-0.1, -0.05) is 0 Å². The number of unbranched alkanes of at least 4 members (excludes halogenated alkanes) is 1. The van der Waals surface area contributed by atoms with Crippen LogP contribution in [-0.4, -0.2) is 63.4 Å². The van der Waals surface area contributed by atoms with Crippen LogP contribution in [0.1, 0.15) is 40.0 Å². The van der Waals surface area contributed by atoms with E-state index in [2.05, 4.69) is 24.2 Å². The van der Waals surface area contributed by atoms with Crippen molar-refractivity contribution < 1.29 is 14.3 Å². The molecule has 0 radical (unpaired) electrons. The number of carbonyl (C=O) groups excluding carboxylic acids is 1. The first kappa shape index (κ1) is 19.4. The molecule has 0 aromatic rings. The maximum Gasteiger partial charge on any atom is 0.326 e. The minimum absolute atomic E-state index is 0.163. The summed E-state index contributed by atoms with van der Waals surface area (Å²) in [6.45, 7) is 8.07. The second kappa shape index (κ2) is 10.1. The zero-order valence-electron chi connectivity index (χ0n) is 14.0. The predicted octanol–water partition coefficient (Wildman–Crippen LogP) is 1.66. The Morgan fingerprint density at radius 3 is 2.55 bits per heavy atom. The van der Waals surface area contributed by atoms with Crippen LogP contribution in [0.25, 0.3) is 0 Å². The van der Waals surface area contributed by atoms with Crippen LogP contribution in [0.3, 0.4) is 0 Å². The molecule has 0 aromatic heterocycles. The van der Waals surface area contributed by atoms with E-state index in [9.17, 15) is 4.79 Å². The molecule has 0 heterocycles. The van der Waals surface area contributed by atoms with Gasteiger partial charge in [0, 0.05) is 13.2 Å². The minimum Gasteiger partial charge on any atom is -0.465 e. The molecule has 5 heteroatoms. The van der Waals surface area contributed by atoms with Crippen molar-refractivity contribution in [2.75, 3.05) is 41.0 Å². The quantitative estimate of drug-likeness (QED) is 0.463. The highest BCUT2D eigenvalue weighted by Crippen LogP contribution is 2.16. The van der Waals surface area contributed by atoms with Gasteiger partial charge in [-0.3, -0.25) is 4.79 Å². The van der Waals surface area contributed by atoms with Crippen molar-refractivity contribution in [3.8, 4) is 0 Å². The summed E-state index contributed by atoms with van der Waals surface area (Å²) in [5.74, 6) is -0.163. The van der Waals surface area contributed by atoms with Crippen molar-refractivity contribution in [1.29, 1.82) is 0 Å². The highest BCUT2D eigenvalue weighted by Gasteiger charge is 2.32. The van der Waals surface area contributed by atoms with Crippen molar-refractivity contribution in [2.24, 2.45) is 0 Å². The molecule has 0 saturated heterocycles. The molecule has 0 rings (SSSR count). The van der Waals surface area contributed by atoms with Gasteiger partial charge in [-0.25, -0.2) is 0 Å². The number of rotatable bonds is 11. The number of nitrogens with one attached hydrogen (secondary N) is 1. The number of nitrogens with zero attached hydrogens (tertiary/aromatic N) is 1. The largest absolute Gasteiger partial charge is 0.465 e. The van der Waals surface area contributed by atoms with E-state index in [1.165, 1.54) is 0 Å². The van der Waals surface area contributed by atoms with Crippen LogP contribution in [-0.2, 0) is 14.3 Å². The summed E-state index contributed by atoms with van der Waals surface area (Å²) in [5.41, 5.74) is -0.577. The van der Waals surface area contributed by atoms with Crippen LogP contribution in [0.4, 0.5) is 0 Å². The molecule has 2 unspecified atom stereocenters. The van der Waals surface area contributed by atoms with E-state index in [0.29, 0.717) is 12.6 Å². The number of carbonyl (C=O) groups is 1. The lowest BCUT2D eigenvalue weighted by Crippen LogP contribution is -2.48. The van der Waals surface area contributed by atoms with Crippen LogP contribution in [0, 0.1) is 0 Å². The third-order valence-electron chi connectivity index (χ3n) is 3.88. The lowest BCUT2D eigenvalue weighted by atomic mass is 9.95. The lowest BCUT2D eigenvalue weighted by molar-refractivity contribution is -0.150. The molecule has 0 aromatic carbocycles. The summed E-state index contributed by atoms with van der Waals surface area (Å²) >= 11 is 0. The SMILES string of the molecule is CCOC(=O)C(C)(CCCCN(C)C(C)COC)NC. The zero-order valence-corrected chi connectivity index (χ0v) is 14.0. The molecule has 0 amide bonds. The van der Waals surface area contributed by atoms with Gasteiger partial charge in [0.1, 0.15) is 5.54 Å². The Kier molecular flexibility index (Phi) is 9.80. The van der Waals surface area contributed by atoms with Gasteiger partial charge in [0.25, 0.3) is 0 Å². The Balaban J connectivity index is 4.05. The molecule has 0 spiro atoms. The van der Waals surface area contributed by atoms with Gasteiger partial charge in [-0.05, 0) is 60.7 Å². The fourth-order valence-corrected chi connectivity index (χ4v) is 2.05. The molecule has 2 atom stereocenters. The van der Waals surface area contributed by atoms with Gasteiger partial charge in [0.05, 0.1) is 13.2 Å². The molecule has 0 aliphatic carbocycles. The van der Waals surface area contributed by atoms with E-state index in [1.54, 1.807) is 7.11 Å². The maximum atomic E-state index is 11.9. The summed E-state index contributed by atoms with van der Waals surface area (Å²) in [4.78, 5) is 14.2. The average molecular weight is 288 g/mol. The second-order valence-electron chi connectivity index (χ2n) is 5.54. The molecule has 0 saturated carbocycles. The van der Waals surface area contributed by atoms with Crippen molar-refractivity contribution in [3.63, 3.8) is 0 Å². The standard InChI is InChI=1S/C15H32N2O3/c1-7-20-14(18)15(3,16-4)10-8-9-11-17(5)13(2)12-19-6/h13,16H,7-12H2,1-6H3. The van der Waals surface area contributed by atoms with Gasteiger partial charge in [-0.2, -0.15) is 0 Å². The summed E-state index contributed by atoms with van der Waals surface area (Å²) in [6.07, 6.45) is 2.83. The van der Waals surface area contributed by atoms with Crippen LogP contribution in [0.5, 0.6) is 0 Å². The molecule has 5 nitrogen and oxygen atoms in total. The van der Waals surface area contributed by atoms with Crippen molar-refractivity contribution in [1.82, 2.24) is 10.2 Å². The van der Waals surface area contributed by atoms with Gasteiger partial charge in [-0.15, -0.1) is 0 Å². The van der Waals surface area contributed by atoms with Gasteiger partial charge in [0.2, 0.25) is 0 Å². The second-order valence-corrected chi connectivity index (χ2v) is 5.54. The lowest BCUT2D eigenvalue weighted by Gasteiger charge is -2.28. The summed E-state index contributed by atoms with van der Waals surface area (Å²) in [6, 6.07) is 0.417.